The molecule has 0 bridgehead atoms. The minimum absolute atomic E-state index is 0.248. The molecule has 0 saturated heterocycles. The van der Waals surface area contributed by atoms with E-state index in [4.69, 9.17) is 17.3 Å². The molecule has 0 aliphatic heterocycles. The number of benzene rings is 2. The van der Waals surface area contributed by atoms with Crippen LogP contribution < -0.4 is 16.4 Å². The van der Waals surface area contributed by atoms with Crippen LogP contribution in [0, 0.1) is 11.7 Å². The summed E-state index contributed by atoms with van der Waals surface area (Å²) in [7, 11) is 0. The zero-order valence-electron chi connectivity index (χ0n) is 14.0. The monoisotopic (exact) mass is 375 g/mol. The number of carbonyl (C=O) groups is 2. The predicted molar refractivity (Wildman–Crippen MR) is 98.7 cm³/mol. The molecule has 1 fully saturated rings. The average Bonchev–Trinajstić information content (AvgIpc) is 3.40. The van der Waals surface area contributed by atoms with Crippen molar-refractivity contribution in [2.24, 2.45) is 11.7 Å². The number of amides is 2. The van der Waals surface area contributed by atoms with Crippen LogP contribution in [0.25, 0.3) is 0 Å². The summed E-state index contributed by atoms with van der Waals surface area (Å²) >= 11 is 6.08. The minimum Gasteiger partial charge on any atom is -0.351 e. The Bertz CT molecular complexity index is 823. The summed E-state index contributed by atoms with van der Waals surface area (Å²) in [5.41, 5.74) is 6.54. The Morgan fingerprint density at radius 3 is 2.69 bits per heavy atom. The lowest BCUT2D eigenvalue weighted by Crippen LogP contribution is -2.30. The van der Waals surface area contributed by atoms with Crippen molar-refractivity contribution >= 4 is 29.1 Å². The molecule has 2 atom stereocenters. The van der Waals surface area contributed by atoms with Crippen LogP contribution in [0.4, 0.5) is 10.1 Å². The second-order valence-electron chi connectivity index (χ2n) is 6.16. The van der Waals surface area contributed by atoms with Crippen LogP contribution >= 0.6 is 11.6 Å². The molecule has 2 aromatic carbocycles. The molecule has 0 heterocycles. The van der Waals surface area contributed by atoms with Crippen molar-refractivity contribution in [2.75, 3.05) is 18.4 Å². The van der Waals surface area contributed by atoms with Gasteiger partial charge in [-0.05, 0) is 30.7 Å². The highest BCUT2D eigenvalue weighted by Crippen LogP contribution is 2.51. The lowest BCUT2D eigenvalue weighted by Gasteiger charge is -2.11. The third-order valence-electron chi connectivity index (χ3n) is 4.36. The van der Waals surface area contributed by atoms with Gasteiger partial charge in [0.2, 0.25) is 5.91 Å². The maximum absolute atomic E-state index is 14.0. The maximum atomic E-state index is 14.0. The quantitative estimate of drug-likeness (QED) is 0.725. The van der Waals surface area contributed by atoms with Gasteiger partial charge in [-0.2, -0.15) is 0 Å². The van der Waals surface area contributed by atoms with Gasteiger partial charge in [-0.3, -0.25) is 9.59 Å². The van der Waals surface area contributed by atoms with Crippen LogP contribution in [0.15, 0.2) is 42.5 Å². The van der Waals surface area contributed by atoms with Crippen molar-refractivity contribution in [2.45, 2.75) is 12.3 Å². The number of halogens is 2. The van der Waals surface area contributed by atoms with Gasteiger partial charge >= 0.3 is 0 Å². The summed E-state index contributed by atoms with van der Waals surface area (Å²) in [5, 5.41) is 5.77. The van der Waals surface area contributed by atoms with Crippen LogP contribution in [0.5, 0.6) is 0 Å². The number of rotatable bonds is 6. The highest BCUT2D eigenvalue weighted by molar-refractivity contribution is 6.31. The van der Waals surface area contributed by atoms with Gasteiger partial charge in [-0.15, -0.1) is 0 Å². The van der Waals surface area contributed by atoms with Crippen LogP contribution in [0.2, 0.25) is 5.02 Å². The van der Waals surface area contributed by atoms with E-state index in [-0.39, 0.29) is 23.7 Å². The summed E-state index contributed by atoms with van der Waals surface area (Å²) in [4.78, 5) is 24.7. The standard InChI is InChI=1S/C19H19ClFN3O2/c20-14-5-3-6-15(21)17(14)12-10-13(12)19(26)24-16-7-2-1-4-11(16)18(25)23-9-8-22/h1-7,12-13H,8-10,22H2,(H,23,25)(H,24,26). The first-order valence-corrected chi connectivity index (χ1v) is 8.72. The Morgan fingerprint density at radius 1 is 1.19 bits per heavy atom. The lowest BCUT2D eigenvalue weighted by molar-refractivity contribution is -0.117. The van der Waals surface area contributed by atoms with Gasteiger partial charge in [-0.1, -0.05) is 29.8 Å². The number of hydrogen-bond donors (Lipinski definition) is 3. The molecule has 2 amide bonds. The zero-order chi connectivity index (χ0) is 18.7. The van der Waals surface area contributed by atoms with Crippen molar-refractivity contribution < 1.29 is 14.0 Å². The van der Waals surface area contributed by atoms with Gasteiger partial charge in [0.05, 0.1) is 11.3 Å². The van der Waals surface area contributed by atoms with Gasteiger partial charge in [0, 0.05) is 35.5 Å². The molecule has 136 valence electrons. The molecule has 26 heavy (non-hydrogen) atoms. The Hall–Kier alpha value is -2.44. The Labute approximate surface area is 155 Å². The molecular formula is C19H19ClFN3O2. The van der Waals surface area contributed by atoms with E-state index in [1.807, 2.05) is 0 Å². The van der Waals surface area contributed by atoms with Crippen LogP contribution in [-0.2, 0) is 4.79 Å². The molecule has 1 aliphatic rings. The van der Waals surface area contributed by atoms with Crippen molar-refractivity contribution in [3.05, 3.63) is 64.4 Å². The largest absolute Gasteiger partial charge is 0.351 e. The Morgan fingerprint density at radius 2 is 1.96 bits per heavy atom. The highest BCUT2D eigenvalue weighted by atomic mass is 35.5. The molecule has 3 rings (SSSR count). The van der Waals surface area contributed by atoms with Crippen molar-refractivity contribution in [1.29, 1.82) is 0 Å². The summed E-state index contributed by atoms with van der Waals surface area (Å²) in [6, 6.07) is 11.2. The maximum Gasteiger partial charge on any atom is 0.253 e. The fourth-order valence-corrected chi connectivity index (χ4v) is 3.27. The molecule has 2 aromatic rings. The van der Waals surface area contributed by atoms with Crippen LogP contribution in [0.1, 0.15) is 28.3 Å². The number of carbonyl (C=O) groups excluding carboxylic acids is 2. The molecular weight excluding hydrogens is 357 g/mol. The topological polar surface area (TPSA) is 84.2 Å². The molecule has 4 N–H and O–H groups in total. The molecule has 0 aromatic heterocycles. The minimum atomic E-state index is -0.403. The van der Waals surface area contributed by atoms with Crippen molar-refractivity contribution in [3.63, 3.8) is 0 Å². The molecule has 1 saturated carbocycles. The molecule has 7 heteroatoms. The molecule has 0 radical (unpaired) electrons. The van der Waals surface area contributed by atoms with Crippen LogP contribution in [0.3, 0.4) is 0 Å². The SMILES string of the molecule is NCCNC(=O)c1ccccc1NC(=O)C1CC1c1c(F)cccc1Cl. The van der Waals surface area contributed by atoms with E-state index in [9.17, 15) is 14.0 Å². The lowest BCUT2D eigenvalue weighted by atomic mass is 10.1. The fourth-order valence-electron chi connectivity index (χ4n) is 2.97. The first-order chi connectivity index (χ1) is 12.5. The van der Waals surface area contributed by atoms with E-state index < -0.39 is 5.82 Å². The molecule has 5 nitrogen and oxygen atoms in total. The van der Waals surface area contributed by atoms with E-state index in [0.29, 0.717) is 41.3 Å². The summed E-state index contributed by atoms with van der Waals surface area (Å²) < 4.78 is 14.0. The summed E-state index contributed by atoms with van der Waals surface area (Å²) in [6.07, 6.45) is 0.522. The van der Waals surface area contributed by atoms with E-state index in [1.54, 1.807) is 30.3 Å². The third kappa shape index (κ3) is 3.86. The zero-order valence-corrected chi connectivity index (χ0v) is 14.7. The highest BCUT2D eigenvalue weighted by Gasteiger charge is 2.46. The van der Waals surface area contributed by atoms with Gasteiger partial charge in [-0.25, -0.2) is 4.39 Å². The molecule has 2 unspecified atom stereocenters. The first kappa shape index (κ1) is 18.4. The second-order valence-corrected chi connectivity index (χ2v) is 6.57. The van der Waals surface area contributed by atoms with E-state index in [2.05, 4.69) is 10.6 Å². The number of hydrogen-bond acceptors (Lipinski definition) is 3. The van der Waals surface area contributed by atoms with Gasteiger partial charge in [0.1, 0.15) is 5.82 Å². The van der Waals surface area contributed by atoms with E-state index in [1.165, 1.54) is 12.1 Å². The number of anilines is 1. The third-order valence-corrected chi connectivity index (χ3v) is 4.69. The van der Waals surface area contributed by atoms with E-state index >= 15 is 0 Å². The molecule has 0 spiro atoms. The first-order valence-electron chi connectivity index (χ1n) is 8.35. The summed E-state index contributed by atoms with van der Waals surface area (Å²) in [5.74, 6) is -1.59. The normalized spacial score (nSPS) is 18.3. The Kier molecular flexibility index (Phi) is 5.54. The van der Waals surface area contributed by atoms with Gasteiger partial charge < -0.3 is 16.4 Å². The average molecular weight is 376 g/mol. The number of nitrogens with one attached hydrogen (secondary N) is 2. The second kappa shape index (κ2) is 7.85. The smallest absolute Gasteiger partial charge is 0.253 e. The van der Waals surface area contributed by atoms with Crippen LogP contribution in [-0.4, -0.2) is 24.9 Å². The van der Waals surface area contributed by atoms with Gasteiger partial charge in [0.25, 0.3) is 5.91 Å². The van der Waals surface area contributed by atoms with Gasteiger partial charge in [0.15, 0.2) is 0 Å². The molecule has 1 aliphatic carbocycles. The van der Waals surface area contributed by atoms with Crippen molar-refractivity contribution in [1.82, 2.24) is 5.32 Å². The summed E-state index contributed by atoms with van der Waals surface area (Å²) in [6.45, 7) is 0.672. The fraction of sp³-hybridized carbons (Fsp3) is 0.263. The predicted octanol–water partition coefficient (Wildman–Crippen LogP) is 2.91. The van der Waals surface area contributed by atoms with Crippen molar-refractivity contribution in [3.8, 4) is 0 Å². The number of para-hydroxylation sites is 1. The Balaban J connectivity index is 1.71. The van der Waals surface area contributed by atoms with E-state index in [0.717, 1.165) is 0 Å². The number of nitrogens with two attached hydrogens (primary N) is 1.